The second kappa shape index (κ2) is 7.29. The molecule has 2 aliphatic rings. The summed E-state index contributed by atoms with van der Waals surface area (Å²) < 4.78 is 5.66. The van der Waals surface area contributed by atoms with Crippen LogP contribution in [0.5, 0.6) is 5.75 Å². The summed E-state index contributed by atoms with van der Waals surface area (Å²) in [6, 6.07) is 21.6. The minimum atomic E-state index is -0.0826. The van der Waals surface area contributed by atoms with E-state index in [1.54, 1.807) is 18.2 Å². The quantitative estimate of drug-likeness (QED) is 0.654. The number of phenolic OH excluding ortho intramolecular Hbond substituents is 1. The molecule has 0 unspecified atom stereocenters. The van der Waals surface area contributed by atoms with Gasteiger partial charge in [0.15, 0.2) is 0 Å². The predicted molar refractivity (Wildman–Crippen MR) is 118 cm³/mol. The fourth-order valence-electron chi connectivity index (χ4n) is 4.76. The smallest absolute Gasteiger partial charge is 0.258 e. The molecule has 4 nitrogen and oxygen atoms in total. The zero-order chi connectivity index (χ0) is 20.7. The molecule has 1 fully saturated rings. The number of fused-ring (bicyclic) bond motifs is 2. The number of hydrogen-bond donors (Lipinski definition) is 1. The molecule has 0 bridgehead atoms. The fraction of sp³-hybridized carbons (Fsp3) is 0.269. The maximum Gasteiger partial charge on any atom is 0.258 e. The topological polar surface area (TPSA) is 49.8 Å². The van der Waals surface area contributed by atoms with Gasteiger partial charge >= 0.3 is 0 Å². The molecule has 5 rings (SSSR count). The minimum absolute atomic E-state index is 0.0707. The SMILES string of the molecule is Cc1ccc(-c2ccc3c(c2)C2(CCOCC2)CN3C(=O)c2cccc(O)c2)cc1. The summed E-state index contributed by atoms with van der Waals surface area (Å²) in [6.45, 7) is 4.16. The number of ether oxygens (including phenoxy) is 1. The molecule has 2 heterocycles. The highest BCUT2D eigenvalue weighted by Crippen LogP contribution is 2.48. The molecule has 1 spiro atoms. The van der Waals surface area contributed by atoms with Crippen molar-refractivity contribution < 1.29 is 14.6 Å². The molecule has 1 amide bonds. The second-order valence-electron chi connectivity index (χ2n) is 8.43. The van der Waals surface area contributed by atoms with Crippen molar-refractivity contribution in [3.05, 3.63) is 83.4 Å². The van der Waals surface area contributed by atoms with E-state index in [-0.39, 0.29) is 17.1 Å². The largest absolute Gasteiger partial charge is 0.508 e. The van der Waals surface area contributed by atoms with E-state index < -0.39 is 0 Å². The molecule has 1 saturated heterocycles. The molecule has 2 aliphatic heterocycles. The van der Waals surface area contributed by atoms with Crippen LogP contribution >= 0.6 is 0 Å². The number of rotatable bonds is 2. The Bertz CT molecular complexity index is 1100. The van der Waals surface area contributed by atoms with E-state index in [1.165, 1.54) is 28.3 Å². The minimum Gasteiger partial charge on any atom is -0.508 e. The van der Waals surface area contributed by atoms with E-state index in [0.717, 1.165) is 18.5 Å². The molecule has 152 valence electrons. The van der Waals surface area contributed by atoms with Gasteiger partial charge in [0.25, 0.3) is 5.91 Å². The standard InChI is InChI=1S/C26H25NO3/c1-18-5-7-19(8-6-18)20-9-10-24-23(16-20)26(11-13-30-14-12-26)17-27(24)25(29)21-3-2-4-22(28)15-21/h2-10,15-16,28H,11-14,17H2,1H3. The summed E-state index contributed by atoms with van der Waals surface area (Å²) in [5.41, 5.74) is 6.23. The van der Waals surface area contributed by atoms with Crippen molar-refractivity contribution >= 4 is 11.6 Å². The third-order valence-electron chi connectivity index (χ3n) is 6.49. The van der Waals surface area contributed by atoms with E-state index in [9.17, 15) is 9.90 Å². The van der Waals surface area contributed by atoms with Crippen LogP contribution in [-0.4, -0.2) is 30.8 Å². The normalized spacial score (nSPS) is 17.2. The lowest BCUT2D eigenvalue weighted by molar-refractivity contribution is 0.0547. The first kappa shape index (κ1) is 18.9. The number of aromatic hydroxyl groups is 1. The Hall–Kier alpha value is -3.11. The number of aryl methyl sites for hydroxylation is 1. The van der Waals surface area contributed by atoms with Crippen molar-refractivity contribution in [1.29, 1.82) is 0 Å². The maximum atomic E-state index is 13.4. The van der Waals surface area contributed by atoms with Crippen molar-refractivity contribution in [2.24, 2.45) is 0 Å². The third kappa shape index (κ3) is 3.17. The first-order valence-corrected chi connectivity index (χ1v) is 10.5. The van der Waals surface area contributed by atoms with Crippen molar-refractivity contribution in [3.8, 4) is 16.9 Å². The van der Waals surface area contributed by atoms with E-state index in [1.807, 2.05) is 4.90 Å². The number of phenols is 1. The lowest BCUT2D eigenvalue weighted by atomic mass is 9.75. The number of carbonyl (C=O) groups is 1. The monoisotopic (exact) mass is 399 g/mol. The number of hydrogen-bond acceptors (Lipinski definition) is 3. The number of nitrogens with zero attached hydrogens (tertiary/aromatic N) is 1. The van der Waals surface area contributed by atoms with E-state index >= 15 is 0 Å². The van der Waals surface area contributed by atoms with Gasteiger partial charge in [0.2, 0.25) is 0 Å². The Morgan fingerprint density at radius 2 is 1.70 bits per heavy atom. The van der Waals surface area contributed by atoms with E-state index in [0.29, 0.717) is 25.3 Å². The highest BCUT2D eigenvalue weighted by Gasteiger charge is 2.45. The number of carbonyl (C=O) groups excluding carboxylic acids is 1. The van der Waals surface area contributed by atoms with E-state index in [4.69, 9.17) is 4.74 Å². The van der Waals surface area contributed by atoms with Crippen LogP contribution < -0.4 is 4.90 Å². The molecule has 3 aromatic rings. The molecule has 30 heavy (non-hydrogen) atoms. The van der Waals surface area contributed by atoms with Gasteiger partial charge in [-0.25, -0.2) is 0 Å². The summed E-state index contributed by atoms with van der Waals surface area (Å²) in [5, 5.41) is 9.84. The Labute approximate surface area is 176 Å². The first-order valence-electron chi connectivity index (χ1n) is 10.5. The van der Waals surface area contributed by atoms with Gasteiger partial charge in [0.1, 0.15) is 5.75 Å². The van der Waals surface area contributed by atoms with Crippen LogP contribution in [0.3, 0.4) is 0 Å². The number of amides is 1. The zero-order valence-corrected chi connectivity index (χ0v) is 17.1. The van der Waals surface area contributed by atoms with Gasteiger partial charge in [-0.05, 0) is 66.8 Å². The first-order chi connectivity index (χ1) is 14.6. The summed E-state index contributed by atoms with van der Waals surface area (Å²) in [6.07, 6.45) is 1.81. The fourth-order valence-corrected chi connectivity index (χ4v) is 4.76. The molecule has 0 aromatic heterocycles. The van der Waals surface area contributed by atoms with Crippen molar-refractivity contribution in [3.63, 3.8) is 0 Å². The van der Waals surface area contributed by atoms with Crippen molar-refractivity contribution in [2.75, 3.05) is 24.7 Å². The highest BCUT2D eigenvalue weighted by molar-refractivity contribution is 6.08. The molecule has 0 aliphatic carbocycles. The number of benzene rings is 3. The molecule has 3 aromatic carbocycles. The Kier molecular flexibility index (Phi) is 4.59. The van der Waals surface area contributed by atoms with Crippen LogP contribution in [0.2, 0.25) is 0 Å². The molecular formula is C26H25NO3. The van der Waals surface area contributed by atoms with Gasteiger partial charge in [-0.2, -0.15) is 0 Å². The van der Waals surface area contributed by atoms with Gasteiger partial charge in [-0.15, -0.1) is 0 Å². The molecule has 0 atom stereocenters. The van der Waals surface area contributed by atoms with E-state index in [2.05, 4.69) is 49.4 Å². The lowest BCUT2D eigenvalue weighted by Gasteiger charge is -2.34. The van der Waals surface area contributed by atoms with Gasteiger partial charge in [-0.3, -0.25) is 4.79 Å². The average Bonchev–Trinajstić information content (AvgIpc) is 3.07. The summed E-state index contributed by atoms with van der Waals surface area (Å²) >= 11 is 0. The molecule has 1 N–H and O–H groups in total. The lowest BCUT2D eigenvalue weighted by Crippen LogP contribution is -2.40. The summed E-state index contributed by atoms with van der Waals surface area (Å²) in [5.74, 6) is 0.0365. The van der Waals surface area contributed by atoms with Crippen LogP contribution in [0.15, 0.2) is 66.7 Å². The van der Waals surface area contributed by atoms with Crippen molar-refractivity contribution in [2.45, 2.75) is 25.2 Å². The molecule has 0 saturated carbocycles. The van der Waals surface area contributed by atoms with Gasteiger partial charge in [-0.1, -0.05) is 42.0 Å². The van der Waals surface area contributed by atoms with Crippen LogP contribution in [0.25, 0.3) is 11.1 Å². The Balaban J connectivity index is 1.59. The molecule has 4 heteroatoms. The van der Waals surface area contributed by atoms with Crippen molar-refractivity contribution in [1.82, 2.24) is 0 Å². The Morgan fingerprint density at radius 1 is 0.967 bits per heavy atom. The average molecular weight is 399 g/mol. The summed E-state index contributed by atoms with van der Waals surface area (Å²) in [7, 11) is 0. The van der Waals surface area contributed by atoms with Crippen LogP contribution in [0.4, 0.5) is 5.69 Å². The van der Waals surface area contributed by atoms with Gasteiger partial charge in [0.05, 0.1) is 0 Å². The Morgan fingerprint density at radius 3 is 2.43 bits per heavy atom. The highest BCUT2D eigenvalue weighted by atomic mass is 16.5. The zero-order valence-electron chi connectivity index (χ0n) is 17.1. The number of anilines is 1. The third-order valence-corrected chi connectivity index (χ3v) is 6.49. The van der Waals surface area contributed by atoms with Crippen LogP contribution in [0.1, 0.15) is 34.3 Å². The van der Waals surface area contributed by atoms with Crippen LogP contribution in [-0.2, 0) is 10.2 Å². The summed E-state index contributed by atoms with van der Waals surface area (Å²) in [4.78, 5) is 15.2. The predicted octanol–water partition coefficient (Wildman–Crippen LogP) is 5.08. The van der Waals surface area contributed by atoms with Gasteiger partial charge < -0.3 is 14.7 Å². The molecular weight excluding hydrogens is 374 g/mol. The maximum absolute atomic E-state index is 13.4. The molecule has 0 radical (unpaired) electrons. The second-order valence-corrected chi connectivity index (χ2v) is 8.43. The van der Waals surface area contributed by atoms with Gasteiger partial charge in [0, 0.05) is 36.4 Å². The van der Waals surface area contributed by atoms with Crippen LogP contribution in [0, 0.1) is 6.92 Å².